The van der Waals surface area contributed by atoms with Crippen molar-refractivity contribution in [2.24, 2.45) is 0 Å². The molecular weight excluding hydrogens is 302 g/mol. The number of nitrogens with zero attached hydrogens (tertiary/aromatic N) is 5. The lowest BCUT2D eigenvalue weighted by Gasteiger charge is -2.31. The average molecular weight is 321 g/mol. The monoisotopic (exact) mass is 321 g/mol. The quantitative estimate of drug-likeness (QED) is 0.723. The second-order valence-corrected chi connectivity index (χ2v) is 5.82. The maximum Gasteiger partial charge on any atom is 0.143 e. The van der Waals surface area contributed by atoms with E-state index < -0.39 is 0 Å². The zero-order valence-electron chi connectivity index (χ0n) is 13.4. The first-order valence-corrected chi connectivity index (χ1v) is 8.19. The van der Waals surface area contributed by atoms with Crippen LogP contribution in [0.3, 0.4) is 0 Å². The highest BCUT2D eigenvalue weighted by atomic mass is 16.5. The zero-order chi connectivity index (χ0) is 16.2. The number of hydrogen-bond donors (Lipinski definition) is 0. The second-order valence-electron chi connectivity index (χ2n) is 5.82. The van der Waals surface area contributed by atoms with Gasteiger partial charge in [0.15, 0.2) is 0 Å². The van der Waals surface area contributed by atoms with Crippen molar-refractivity contribution in [2.45, 2.75) is 12.8 Å². The molecule has 2 aromatic carbocycles. The van der Waals surface area contributed by atoms with Crippen LogP contribution in [0.25, 0.3) is 5.69 Å². The van der Waals surface area contributed by atoms with Crippen LogP contribution in [0.5, 0.6) is 5.75 Å². The standard InChI is InChI=1S/C18H19N5O/c1-2-6-18-15(4-1)5-3-11-22(18)12-13-24-17-9-7-16(8-10-17)23-14-19-20-21-23/h1-2,4,6-10,14H,3,5,11-13H2. The summed E-state index contributed by atoms with van der Waals surface area (Å²) in [7, 11) is 0. The largest absolute Gasteiger partial charge is 0.492 e. The van der Waals surface area contributed by atoms with Gasteiger partial charge in [-0.15, -0.1) is 5.10 Å². The van der Waals surface area contributed by atoms with Gasteiger partial charge in [-0.2, -0.15) is 0 Å². The Morgan fingerprint density at radius 2 is 1.92 bits per heavy atom. The highest BCUT2D eigenvalue weighted by Crippen LogP contribution is 2.26. The van der Waals surface area contributed by atoms with Crippen LogP contribution in [0.4, 0.5) is 5.69 Å². The van der Waals surface area contributed by atoms with Crippen LogP contribution in [0, 0.1) is 0 Å². The minimum absolute atomic E-state index is 0.665. The van der Waals surface area contributed by atoms with Crippen LogP contribution < -0.4 is 9.64 Å². The molecule has 0 amide bonds. The number of fused-ring (bicyclic) bond motifs is 1. The maximum absolute atomic E-state index is 5.89. The Bertz CT molecular complexity index is 785. The molecule has 0 atom stereocenters. The van der Waals surface area contributed by atoms with E-state index >= 15 is 0 Å². The van der Waals surface area contributed by atoms with Crippen molar-refractivity contribution in [2.75, 3.05) is 24.6 Å². The smallest absolute Gasteiger partial charge is 0.143 e. The Morgan fingerprint density at radius 1 is 1.04 bits per heavy atom. The Labute approximate surface area is 140 Å². The number of hydrogen-bond acceptors (Lipinski definition) is 5. The van der Waals surface area contributed by atoms with E-state index in [2.05, 4.69) is 44.7 Å². The molecule has 0 unspecified atom stereocenters. The van der Waals surface area contributed by atoms with E-state index in [0.29, 0.717) is 6.61 Å². The number of anilines is 1. The van der Waals surface area contributed by atoms with Crippen LogP contribution in [-0.2, 0) is 6.42 Å². The summed E-state index contributed by atoms with van der Waals surface area (Å²) in [6.45, 7) is 2.66. The second kappa shape index (κ2) is 6.70. The molecule has 122 valence electrons. The summed E-state index contributed by atoms with van der Waals surface area (Å²) >= 11 is 0. The van der Waals surface area contributed by atoms with Gasteiger partial charge in [-0.25, -0.2) is 4.68 Å². The van der Waals surface area contributed by atoms with Gasteiger partial charge in [-0.1, -0.05) is 18.2 Å². The van der Waals surface area contributed by atoms with Crippen molar-refractivity contribution in [3.8, 4) is 11.4 Å². The van der Waals surface area contributed by atoms with Crippen LogP contribution in [0.1, 0.15) is 12.0 Å². The number of ether oxygens (including phenoxy) is 1. The van der Waals surface area contributed by atoms with Gasteiger partial charge in [-0.05, 0) is 59.2 Å². The Balaban J connectivity index is 1.35. The van der Waals surface area contributed by atoms with E-state index in [1.54, 1.807) is 11.0 Å². The fourth-order valence-electron chi connectivity index (χ4n) is 3.09. The van der Waals surface area contributed by atoms with Gasteiger partial charge in [0.25, 0.3) is 0 Å². The van der Waals surface area contributed by atoms with Crippen molar-refractivity contribution in [3.05, 3.63) is 60.4 Å². The van der Waals surface area contributed by atoms with Crippen molar-refractivity contribution in [1.82, 2.24) is 20.2 Å². The molecule has 6 heteroatoms. The minimum Gasteiger partial charge on any atom is -0.492 e. The Hall–Kier alpha value is -2.89. The van der Waals surface area contributed by atoms with Crippen molar-refractivity contribution in [3.63, 3.8) is 0 Å². The highest BCUT2D eigenvalue weighted by molar-refractivity contribution is 5.55. The third kappa shape index (κ3) is 3.08. The van der Waals surface area contributed by atoms with Crippen LogP contribution in [0.15, 0.2) is 54.9 Å². The highest BCUT2D eigenvalue weighted by Gasteiger charge is 2.15. The van der Waals surface area contributed by atoms with E-state index in [1.807, 2.05) is 24.3 Å². The molecule has 0 saturated heterocycles. The predicted molar refractivity (Wildman–Crippen MR) is 91.6 cm³/mol. The van der Waals surface area contributed by atoms with Crippen LogP contribution >= 0.6 is 0 Å². The van der Waals surface area contributed by atoms with Gasteiger partial charge in [0.2, 0.25) is 0 Å². The first-order chi connectivity index (χ1) is 11.9. The molecule has 0 bridgehead atoms. The molecule has 1 aliphatic rings. The normalized spacial score (nSPS) is 13.6. The van der Waals surface area contributed by atoms with Gasteiger partial charge >= 0.3 is 0 Å². The first kappa shape index (κ1) is 14.7. The molecule has 24 heavy (non-hydrogen) atoms. The summed E-state index contributed by atoms with van der Waals surface area (Å²) in [6, 6.07) is 16.4. The Kier molecular flexibility index (Phi) is 4.10. The fourth-order valence-corrected chi connectivity index (χ4v) is 3.09. The van der Waals surface area contributed by atoms with Crippen LogP contribution in [-0.4, -0.2) is 39.9 Å². The van der Waals surface area contributed by atoms with Crippen molar-refractivity contribution in [1.29, 1.82) is 0 Å². The molecule has 0 radical (unpaired) electrons. The molecule has 0 saturated carbocycles. The molecule has 2 heterocycles. The number of para-hydroxylation sites is 1. The SMILES string of the molecule is c1ccc2c(c1)CCCN2CCOc1ccc(-n2cnnn2)cc1. The molecule has 6 nitrogen and oxygen atoms in total. The lowest BCUT2D eigenvalue weighted by molar-refractivity contribution is 0.322. The van der Waals surface area contributed by atoms with Crippen molar-refractivity contribution >= 4 is 5.69 Å². The minimum atomic E-state index is 0.665. The zero-order valence-corrected chi connectivity index (χ0v) is 13.4. The Morgan fingerprint density at radius 3 is 2.75 bits per heavy atom. The summed E-state index contributed by atoms with van der Waals surface area (Å²) < 4.78 is 7.51. The summed E-state index contributed by atoms with van der Waals surface area (Å²) in [4.78, 5) is 2.41. The summed E-state index contributed by atoms with van der Waals surface area (Å²) in [5.74, 6) is 0.858. The molecule has 1 aliphatic heterocycles. The third-order valence-electron chi connectivity index (χ3n) is 4.29. The molecule has 0 fully saturated rings. The van der Waals surface area contributed by atoms with E-state index in [4.69, 9.17) is 4.74 Å². The van der Waals surface area contributed by atoms with Gasteiger partial charge in [0.1, 0.15) is 18.7 Å². The van der Waals surface area contributed by atoms with Crippen molar-refractivity contribution < 1.29 is 4.74 Å². The van der Waals surface area contributed by atoms with E-state index in [9.17, 15) is 0 Å². The summed E-state index contributed by atoms with van der Waals surface area (Å²) in [5, 5.41) is 11.1. The van der Waals surface area contributed by atoms with Gasteiger partial charge in [0, 0.05) is 12.2 Å². The fraction of sp³-hybridized carbons (Fsp3) is 0.278. The lowest BCUT2D eigenvalue weighted by atomic mass is 10.0. The third-order valence-corrected chi connectivity index (χ3v) is 4.29. The first-order valence-electron chi connectivity index (χ1n) is 8.19. The molecule has 3 aromatic rings. The number of benzene rings is 2. The molecule has 0 aliphatic carbocycles. The molecule has 0 spiro atoms. The number of aromatic nitrogens is 4. The molecule has 1 aromatic heterocycles. The summed E-state index contributed by atoms with van der Waals surface area (Å²) in [5.41, 5.74) is 3.70. The molecular formula is C18H19N5O. The molecule has 4 rings (SSSR count). The lowest BCUT2D eigenvalue weighted by Crippen LogP contribution is -2.33. The van der Waals surface area contributed by atoms with Gasteiger partial charge in [0.05, 0.1) is 12.2 Å². The average Bonchev–Trinajstić information content (AvgIpc) is 3.17. The topological polar surface area (TPSA) is 56.1 Å². The van der Waals surface area contributed by atoms with Crippen LogP contribution in [0.2, 0.25) is 0 Å². The number of tetrazole rings is 1. The number of aryl methyl sites for hydroxylation is 1. The molecule has 0 N–H and O–H groups in total. The van der Waals surface area contributed by atoms with Gasteiger partial charge < -0.3 is 9.64 Å². The maximum atomic E-state index is 5.89. The van der Waals surface area contributed by atoms with E-state index in [-0.39, 0.29) is 0 Å². The van der Waals surface area contributed by atoms with Gasteiger partial charge in [-0.3, -0.25) is 0 Å². The summed E-state index contributed by atoms with van der Waals surface area (Å²) in [6.07, 6.45) is 3.95. The predicted octanol–water partition coefficient (Wildman–Crippen LogP) is 2.49. The van der Waals surface area contributed by atoms with E-state index in [1.165, 1.54) is 24.1 Å². The number of rotatable bonds is 5. The van der Waals surface area contributed by atoms with E-state index in [0.717, 1.165) is 24.5 Å².